The van der Waals surface area contributed by atoms with Gasteiger partial charge in [0.1, 0.15) is 5.75 Å². The molecule has 1 heterocycles. The van der Waals surface area contributed by atoms with E-state index in [2.05, 4.69) is 20.3 Å². The number of rotatable bonds is 7. The van der Waals surface area contributed by atoms with Gasteiger partial charge in [-0.15, -0.1) is 0 Å². The Morgan fingerprint density at radius 1 is 0.912 bits per heavy atom. The second-order valence-corrected chi connectivity index (χ2v) is 7.99. The lowest BCUT2D eigenvalue weighted by Crippen LogP contribution is -2.04. The molecule has 4 rings (SSSR count). The number of hydrogen-bond donors (Lipinski definition) is 2. The predicted molar refractivity (Wildman–Crippen MR) is 130 cm³/mol. The van der Waals surface area contributed by atoms with Crippen molar-refractivity contribution < 1.29 is 19.4 Å². The molecule has 0 spiro atoms. The normalized spacial score (nSPS) is 10.6. The lowest BCUT2D eigenvalue weighted by atomic mass is 10.2. The van der Waals surface area contributed by atoms with Crippen LogP contribution in [0.5, 0.6) is 17.5 Å². The second kappa shape index (κ2) is 10.1. The summed E-state index contributed by atoms with van der Waals surface area (Å²) in [6.45, 7) is 0. The van der Waals surface area contributed by atoms with Crippen LogP contribution in [0.2, 0.25) is 15.1 Å². The minimum absolute atomic E-state index is 0.0285. The summed E-state index contributed by atoms with van der Waals surface area (Å²) in [5.74, 6) is 0.150. The topological polar surface area (TPSA) is 106 Å². The van der Waals surface area contributed by atoms with E-state index in [0.29, 0.717) is 22.8 Å². The number of carbonyl (C=O) groups is 1. The Hall–Kier alpha value is -3.59. The van der Waals surface area contributed by atoms with Gasteiger partial charge in [-0.05, 0) is 54.6 Å². The van der Waals surface area contributed by atoms with Crippen LogP contribution in [0.1, 0.15) is 10.4 Å². The average Bonchev–Trinajstić information content (AvgIpc) is 2.81. The third kappa shape index (κ3) is 5.31. The number of benzene rings is 3. The average molecular weight is 518 g/mol. The van der Waals surface area contributed by atoms with Crippen LogP contribution in [0.15, 0.2) is 60.7 Å². The maximum atomic E-state index is 11.2. The van der Waals surface area contributed by atoms with E-state index in [1.807, 2.05) is 0 Å². The SMILES string of the molecule is COc1ccc(-c2nc(Nc3ccc(C(=O)O)c(Cl)c3)nc(Oc3c(Cl)cccc3Cl)n2)cc1. The van der Waals surface area contributed by atoms with Gasteiger partial charge in [0.05, 0.1) is 27.7 Å². The van der Waals surface area contributed by atoms with Crippen molar-refractivity contribution in [3.05, 3.63) is 81.3 Å². The third-order valence-corrected chi connectivity index (χ3v) is 5.44. The molecule has 0 atom stereocenters. The third-order valence-electron chi connectivity index (χ3n) is 4.53. The summed E-state index contributed by atoms with van der Waals surface area (Å²) in [5.41, 5.74) is 1.10. The van der Waals surface area contributed by atoms with Crippen LogP contribution >= 0.6 is 34.8 Å². The maximum Gasteiger partial charge on any atom is 0.337 e. The summed E-state index contributed by atoms with van der Waals surface area (Å²) in [4.78, 5) is 24.4. The van der Waals surface area contributed by atoms with Gasteiger partial charge >= 0.3 is 12.0 Å². The predicted octanol–water partition coefficient (Wildman–Crippen LogP) is 6.74. The molecule has 0 aliphatic rings. The van der Waals surface area contributed by atoms with Crippen molar-refractivity contribution in [2.75, 3.05) is 12.4 Å². The molecule has 1 aromatic heterocycles. The van der Waals surface area contributed by atoms with Gasteiger partial charge in [0, 0.05) is 11.3 Å². The van der Waals surface area contributed by atoms with Crippen LogP contribution in [0, 0.1) is 0 Å². The maximum absolute atomic E-state index is 11.2. The number of anilines is 2. The van der Waals surface area contributed by atoms with Crippen LogP contribution in [-0.2, 0) is 0 Å². The number of carboxylic acid groups (broad SMARTS) is 1. The van der Waals surface area contributed by atoms with E-state index in [9.17, 15) is 9.90 Å². The first-order valence-electron chi connectivity index (χ1n) is 9.66. The number of halogens is 3. The van der Waals surface area contributed by atoms with Crippen molar-refractivity contribution in [1.82, 2.24) is 15.0 Å². The minimum Gasteiger partial charge on any atom is -0.497 e. The van der Waals surface area contributed by atoms with Crippen molar-refractivity contribution in [3.8, 4) is 28.9 Å². The number of ether oxygens (including phenoxy) is 2. The number of aromatic nitrogens is 3. The molecule has 0 bridgehead atoms. The van der Waals surface area contributed by atoms with Crippen LogP contribution < -0.4 is 14.8 Å². The van der Waals surface area contributed by atoms with E-state index in [1.165, 1.54) is 18.2 Å². The lowest BCUT2D eigenvalue weighted by molar-refractivity contribution is 0.0697. The highest BCUT2D eigenvalue weighted by Crippen LogP contribution is 2.36. The van der Waals surface area contributed by atoms with Crippen molar-refractivity contribution in [2.24, 2.45) is 0 Å². The summed E-state index contributed by atoms with van der Waals surface area (Å²) >= 11 is 18.5. The molecule has 3 aromatic carbocycles. The van der Waals surface area contributed by atoms with Gasteiger partial charge in [-0.25, -0.2) is 4.79 Å². The van der Waals surface area contributed by atoms with E-state index in [4.69, 9.17) is 44.3 Å². The van der Waals surface area contributed by atoms with E-state index in [0.717, 1.165) is 0 Å². The monoisotopic (exact) mass is 516 g/mol. The molecule has 11 heteroatoms. The van der Waals surface area contributed by atoms with Gasteiger partial charge in [0.15, 0.2) is 11.6 Å². The van der Waals surface area contributed by atoms with Crippen molar-refractivity contribution in [3.63, 3.8) is 0 Å². The van der Waals surface area contributed by atoms with Crippen LogP contribution in [0.4, 0.5) is 11.6 Å². The molecule has 4 aromatic rings. The zero-order valence-electron chi connectivity index (χ0n) is 17.4. The number of hydrogen-bond acceptors (Lipinski definition) is 7. The Kier molecular flexibility index (Phi) is 7.02. The van der Waals surface area contributed by atoms with Gasteiger partial charge < -0.3 is 19.9 Å². The summed E-state index contributed by atoms with van der Waals surface area (Å²) in [5, 5.41) is 12.8. The number of aromatic carboxylic acids is 1. The molecule has 0 unspecified atom stereocenters. The molecule has 0 saturated heterocycles. The van der Waals surface area contributed by atoms with Crippen molar-refractivity contribution in [2.45, 2.75) is 0 Å². The summed E-state index contributed by atoms with van der Waals surface area (Å²) in [7, 11) is 1.57. The Morgan fingerprint density at radius 3 is 2.24 bits per heavy atom. The van der Waals surface area contributed by atoms with Crippen LogP contribution in [-0.4, -0.2) is 33.1 Å². The zero-order valence-corrected chi connectivity index (χ0v) is 19.7. The first-order valence-corrected chi connectivity index (χ1v) is 10.8. The molecule has 0 aliphatic carbocycles. The van der Waals surface area contributed by atoms with E-state index in [-0.39, 0.29) is 38.3 Å². The van der Waals surface area contributed by atoms with E-state index >= 15 is 0 Å². The summed E-state index contributed by atoms with van der Waals surface area (Å²) in [6.07, 6.45) is 0. The fourth-order valence-corrected chi connectivity index (χ4v) is 3.63. The second-order valence-electron chi connectivity index (χ2n) is 6.77. The highest BCUT2D eigenvalue weighted by molar-refractivity contribution is 6.37. The lowest BCUT2D eigenvalue weighted by Gasteiger charge is -2.12. The molecular weight excluding hydrogens is 503 g/mol. The molecular formula is C23H15Cl3N4O4. The number of methoxy groups -OCH3 is 1. The number of para-hydroxylation sites is 1. The summed E-state index contributed by atoms with van der Waals surface area (Å²) in [6, 6.07) is 16.3. The highest BCUT2D eigenvalue weighted by Gasteiger charge is 2.15. The summed E-state index contributed by atoms with van der Waals surface area (Å²) < 4.78 is 11.0. The van der Waals surface area contributed by atoms with E-state index in [1.54, 1.807) is 49.6 Å². The quantitative estimate of drug-likeness (QED) is 0.277. The molecule has 0 fully saturated rings. The Balaban J connectivity index is 1.74. The Labute approximate surface area is 209 Å². The molecule has 0 aliphatic heterocycles. The van der Waals surface area contributed by atoms with Gasteiger partial charge in [-0.3, -0.25) is 0 Å². The van der Waals surface area contributed by atoms with Crippen molar-refractivity contribution in [1.29, 1.82) is 0 Å². The van der Waals surface area contributed by atoms with Crippen molar-refractivity contribution >= 4 is 52.4 Å². The highest BCUT2D eigenvalue weighted by atomic mass is 35.5. The van der Waals surface area contributed by atoms with Gasteiger partial charge in [-0.1, -0.05) is 40.9 Å². The zero-order chi connectivity index (χ0) is 24.2. The fourth-order valence-electron chi connectivity index (χ4n) is 2.89. The Bertz CT molecular complexity index is 1350. The number of nitrogens with one attached hydrogen (secondary N) is 1. The van der Waals surface area contributed by atoms with Crippen LogP contribution in [0.25, 0.3) is 11.4 Å². The van der Waals surface area contributed by atoms with Crippen LogP contribution in [0.3, 0.4) is 0 Å². The Morgan fingerprint density at radius 2 is 1.62 bits per heavy atom. The van der Waals surface area contributed by atoms with E-state index < -0.39 is 5.97 Å². The number of carboxylic acids is 1. The molecule has 0 radical (unpaired) electrons. The van der Waals surface area contributed by atoms with Gasteiger partial charge in [0.25, 0.3) is 0 Å². The fraction of sp³-hybridized carbons (Fsp3) is 0.0435. The molecule has 34 heavy (non-hydrogen) atoms. The molecule has 8 nitrogen and oxygen atoms in total. The molecule has 0 amide bonds. The van der Waals surface area contributed by atoms with Gasteiger partial charge in [0.2, 0.25) is 5.95 Å². The smallest absolute Gasteiger partial charge is 0.337 e. The largest absolute Gasteiger partial charge is 0.497 e. The minimum atomic E-state index is -1.13. The molecule has 0 saturated carbocycles. The standard InChI is InChI=1S/C23H15Cl3N4O4/c1-33-14-8-5-12(6-9-14)20-28-22(27-13-7-10-15(21(31)32)18(26)11-13)30-23(29-20)34-19-16(24)3-2-4-17(19)25/h2-11H,1H3,(H,31,32)(H,27,28,29,30). The molecule has 2 N–H and O–H groups in total. The first kappa shape index (κ1) is 23.6. The number of nitrogens with zero attached hydrogens (tertiary/aromatic N) is 3. The first-order chi connectivity index (χ1) is 16.3. The molecule has 172 valence electrons. The van der Waals surface area contributed by atoms with Gasteiger partial charge in [-0.2, -0.15) is 15.0 Å².